The van der Waals surface area contributed by atoms with Crippen molar-refractivity contribution in [2.45, 2.75) is 23.6 Å². The van der Waals surface area contributed by atoms with Gasteiger partial charge in [0.05, 0.1) is 16.0 Å². The lowest BCUT2D eigenvalue weighted by Crippen LogP contribution is -2.27. The van der Waals surface area contributed by atoms with Gasteiger partial charge in [-0.1, -0.05) is 23.2 Å². The number of amides is 1. The normalized spacial score (nSPS) is 12.9. The van der Waals surface area contributed by atoms with Gasteiger partial charge in [-0.05, 0) is 48.9 Å². The van der Waals surface area contributed by atoms with Crippen molar-refractivity contribution in [3.8, 4) is 0 Å². The van der Waals surface area contributed by atoms with E-state index in [0.29, 0.717) is 5.56 Å². The molecule has 140 valence electrons. The van der Waals surface area contributed by atoms with Crippen molar-refractivity contribution in [1.82, 2.24) is 5.32 Å². The van der Waals surface area contributed by atoms with E-state index in [1.807, 2.05) is 0 Å². The number of alkyl halides is 2. The molecule has 1 atom stereocenters. The summed E-state index contributed by atoms with van der Waals surface area (Å²) in [4.78, 5) is 11.6. The van der Waals surface area contributed by atoms with Crippen LogP contribution in [-0.2, 0) is 9.84 Å². The highest BCUT2D eigenvalue weighted by atomic mass is 35.5. The molecular formula is C16H12Cl2F3NO3S. The molecule has 0 spiro atoms. The zero-order chi connectivity index (χ0) is 19.6. The first-order valence-electron chi connectivity index (χ1n) is 7.11. The van der Waals surface area contributed by atoms with Crippen LogP contribution in [0.25, 0.3) is 0 Å². The van der Waals surface area contributed by atoms with Crippen LogP contribution in [0.3, 0.4) is 0 Å². The van der Waals surface area contributed by atoms with Crippen LogP contribution in [-0.4, -0.2) is 20.1 Å². The Kier molecular flexibility index (Phi) is 6.21. The predicted octanol–water partition coefficient (Wildman–Crippen LogP) is 4.62. The summed E-state index contributed by atoms with van der Waals surface area (Å²) in [6, 6.07) is 5.63. The Morgan fingerprint density at radius 3 is 2.19 bits per heavy atom. The Bertz CT molecular complexity index is 935. The zero-order valence-corrected chi connectivity index (χ0v) is 15.5. The third kappa shape index (κ3) is 4.31. The Morgan fingerprint density at radius 1 is 1.08 bits per heavy atom. The van der Waals surface area contributed by atoms with Crippen LogP contribution >= 0.6 is 23.2 Å². The molecule has 0 aliphatic carbocycles. The predicted molar refractivity (Wildman–Crippen MR) is 91.9 cm³/mol. The van der Waals surface area contributed by atoms with Gasteiger partial charge >= 0.3 is 5.76 Å². The number of nitrogens with one attached hydrogen (secondary N) is 1. The van der Waals surface area contributed by atoms with Crippen LogP contribution in [0.15, 0.2) is 41.3 Å². The third-order valence-electron chi connectivity index (χ3n) is 3.53. The number of benzene rings is 2. The second-order valence-corrected chi connectivity index (χ2v) is 8.05. The van der Waals surface area contributed by atoms with E-state index in [9.17, 15) is 26.4 Å². The largest absolute Gasteiger partial charge is 0.345 e. The second kappa shape index (κ2) is 7.85. The van der Waals surface area contributed by atoms with Crippen molar-refractivity contribution in [3.05, 3.63) is 63.4 Å². The standard InChI is InChI=1S/C16H12Cl2F3NO3S/c1-8(11-6-14(19)13(18)7-12(11)17)22-15(23)9-2-4-10(5-3-9)26(24,25)16(20)21/h2-8,16H,1H3,(H,22,23). The molecule has 2 aromatic carbocycles. The highest BCUT2D eigenvalue weighted by Gasteiger charge is 2.26. The smallest absolute Gasteiger partial charge is 0.341 e. The van der Waals surface area contributed by atoms with E-state index in [1.54, 1.807) is 6.92 Å². The number of carbonyl (C=O) groups excluding carboxylic acids is 1. The molecule has 0 fully saturated rings. The van der Waals surface area contributed by atoms with Crippen LogP contribution in [0.4, 0.5) is 13.2 Å². The molecule has 4 nitrogen and oxygen atoms in total. The highest BCUT2D eigenvalue weighted by molar-refractivity contribution is 7.91. The molecule has 10 heteroatoms. The van der Waals surface area contributed by atoms with Gasteiger partial charge < -0.3 is 5.32 Å². The number of halogens is 5. The molecule has 0 heterocycles. The lowest BCUT2D eigenvalue weighted by Gasteiger charge is -2.16. The van der Waals surface area contributed by atoms with Gasteiger partial charge in [0.2, 0.25) is 9.84 Å². The van der Waals surface area contributed by atoms with E-state index in [0.717, 1.165) is 30.3 Å². The van der Waals surface area contributed by atoms with E-state index >= 15 is 0 Å². The molecule has 1 amide bonds. The minimum atomic E-state index is -4.74. The van der Waals surface area contributed by atoms with E-state index in [1.165, 1.54) is 6.07 Å². The monoisotopic (exact) mass is 425 g/mol. The average Bonchev–Trinajstić information content (AvgIpc) is 2.57. The van der Waals surface area contributed by atoms with Crippen LogP contribution in [0, 0.1) is 5.82 Å². The van der Waals surface area contributed by atoms with Gasteiger partial charge in [-0.2, -0.15) is 8.78 Å². The van der Waals surface area contributed by atoms with Gasteiger partial charge in [0.1, 0.15) is 5.82 Å². The van der Waals surface area contributed by atoms with Crippen molar-refractivity contribution >= 4 is 38.9 Å². The van der Waals surface area contributed by atoms with E-state index in [2.05, 4.69) is 5.32 Å². The quantitative estimate of drug-likeness (QED) is 0.710. The molecule has 2 aromatic rings. The van der Waals surface area contributed by atoms with E-state index in [-0.39, 0.29) is 15.6 Å². The SMILES string of the molecule is CC(NC(=O)c1ccc(S(=O)(=O)C(F)F)cc1)c1cc(F)c(Cl)cc1Cl. The second-order valence-electron chi connectivity index (χ2n) is 5.31. The summed E-state index contributed by atoms with van der Waals surface area (Å²) in [6.07, 6.45) is 0. The molecule has 26 heavy (non-hydrogen) atoms. The van der Waals surface area contributed by atoms with Gasteiger partial charge in [-0.15, -0.1) is 0 Å². The summed E-state index contributed by atoms with van der Waals surface area (Å²) in [5.41, 5.74) is 0.328. The molecular weight excluding hydrogens is 414 g/mol. The van der Waals surface area contributed by atoms with Gasteiger partial charge in [-0.3, -0.25) is 4.79 Å². The Hall–Kier alpha value is -1.77. The first-order valence-corrected chi connectivity index (χ1v) is 9.41. The van der Waals surface area contributed by atoms with Crippen molar-refractivity contribution in [1.29, 1.82) is 0 Å². The van der Waals surface area contributed by atoms with Crippen molar-refractivity contribution in [3.63, 3.8) is 0 Å². The number of hydrogen-bond donors (Lipinski definition) is 1. The Balaban J connectivity index is 2.19. The molecule has 0 aliphatic heterocycles. The highest BCUT2D eigenvalue weighted by Crippen LogP contribution is 2.29. The van der Waals surface area contributed by atoms with Crippen molar-refractivity contribution in [2.75, 3.05) is 0 Å². The van der Waals surface area contributed by atoms with Gasteiger partial charge in [0.15, 0.2) is 0 Å². The molecule has 0 aliphatic rings. The van der Waals surface area contributed by atoms with E-state index in [4.69, 9.17) is 23.2 Å². The maximum Gasteiger partial charge on any atom is 0.341 e. The van der Waals surface area contributed by atoms with Crippen molar-refractivity contribution < 1.29 is 26.4 Å². The summed E-state index contributed by atoms with van der Waals surface area (Å²) in [6.45, 7) is 1.56. The summed E-state index contributed by atoms with van der Waals surface area (Å²) >= 11 is 11.6. The minimum Gasteiger partial charge on any atom is -0.345 e. The van der Waals surface area contributed by atoms with Gasteiger partial charge in [0.25, 0.3) is 5.91 Å². The Morgan fingerprint density at radius 2 is 1.65 bits per heavy atom. The summed E-state index contributed by atoms with van der Waals surface area (Å²) in [7, 11) is -4.74. The van der Waals surface area contributed by atoms with E-state index < -0.39 is 38.3 Å². The molecule has 1 unspecified atom stereocenters. The maximum atomic E-state index is 13.6. The van der Waals surface area contributed by atoms with Crippen molar-refractivity contribution in [2.24, 2.45) is 0 Å². The summed E-state index contributed by atoms with van der Waals surface area (Å²) < 4.78 is 61.3. The fourth-order valence-electron chi connectivity index (χ4n) is 2.13. The number of rotatable bonds is 5. The fraction of sp³-hybridized carbons (Fsp3) is 0.188. The molecule has 0 saturated carbocycles. The summed E-state index contributed by atoms with van der Waals surface area (Å²) in [5.74, 6) is -4.87. The zero-order valence-electron chi connectivity index (χ0n) is 13.1. The minimum absolute atomic E-state index is 0.0376. The first kappa shape index (κ1) is 20.5. The van der Waals surface area contributed by atoms with Crippen LogP contribution in [0.1, 0.15) is 28.9 Å². The third-order valence-corrected chi connectivity index (χ3v) is 5.55. The number of hydrogen-bond acceptors (Lipinski definition) is 3. The topological polar surface area (TPSA) is 63.2 Å². The lowest BCUT2D eigenvalue weighted by atomic mass is 10.1. The van der Waals surface area contributed by atoms with Gasteiger partial charge in [-0.25, -0.2) is 12.8 Å². The fourth-order valence-corrected chi connectivity index (χ4v) is 3.39. The molecule has 0 radical (unpaired) electrons. The summed E-state index contributed by atoms with van der Waals surface area (Å²) in [5, 5.41) is 2.55. The molecule has 2 rings (SSSR count). The van der Waals surface area contributed by atoms with Crippen LogP contribution in [0.5, 0.6) is 0 Å². The average molecular weight is 426 g/mol. The number of carbonyl (C=O) groups is 1. The van der Waals surface area contributed by atoms with Crippen LogP contribution < -0.4 is 5.32 Å². The Labute approximate surface area is 157 Å². The first-order chi connectivity index (χ1) is 12.0. The molecule has 0 aromatic heterocycles. The lowest BCUT2D eigenvalue weighted by molar-refractivity contribution is 0.0939. The number of sulfone groups is 1. The van der Waals surface area contributed by atoms with Gasteiger partial charge in [0, 0.05) is 10.6 Å². The molecule has 1 N–H and O–H groups in total. The molecule has 0 saturated heterocycles. The molecule has 0 bridgehead atoms. The maximum absolute atomic E-state index is 13.6. The van der Waals surface area contributed by atoms with Crippen LogP contribution in [0.2, 0.25) is 10.0 Å².